The molecule has 0 saturated heterocycles. The van der Waals surface area contributed by atoms with Crippen LogP contribution in [0.4, 0.5) is 5.13 Å². The first kappa shape index (κ1) is 20.1. The van der Waals surface area contributed by atoms with E-state index in [-0.39, 0.29) is 5.91 Å². The number of methoxy groups -OCH3 is 2. The Morgan fingerprint density at radius 3 is 2.53 bits per heavy atom. The predicted molar refractivity (Wildman–Crippen MR) is 121 cm³/mol. The van der Waals surface area contributed by atoms with E-state index in [9.17, 15) is 4.79 Å². The minimum atomic E-state index is -0.298. The van der Waals surface area contributed by atoms with Crippen LogP contribution in [0.3, 0.4) is 0 Å². The SMILES string of the molecule is COc1cccc(-c2nc(C(=O)Nc3nc(C)c(-c4ccccc4)s3)cs2)c1OC. The summed E-state index contributed by atoms with van der Waals surface area (Å²) in [6.45, 7) is 1.94. The number of anilines is 1. The lowest BCUT2D eigenvalue weighted by molar-refractivity contribution is 0.102. The Bertz CT molecular complexity index is 1190. The molecule has 0 aliphatic carbocycles. The fourth-order valence-corrected chi connectivity index (χ4v) is 4.81. The van der Waals surface area contributed by atoms with Crippen molar-refractivity contribution in [2.45, 2.75) is 6.92 Å². The van der Waals surface area contributed by atoms with Gasteiger partial charge in [0.2, 0.25) is 0 Å². The van der Waals surface area contributed by atoms with Gasteiger partial charge in [-0.1, -0.05) is 47.7 Å². The highest BCUT2D eigenvalue weighted by Gasteiger charge is 2.18. The third-order valence-electron chi connectivity index (χ3n) is 4.42. The quantitative estimate of drug-likeness (QED) is 0.430. The van der Waals surface area contributed by atoms with E-state index in [0.717, 1.165) is 21.7 Å². The molecule has 2 aromatic heterocycles. The van der Waals surface area contributed by atoms with E-state index in [4.69, 9.17) is 9.47 Å². The van der Waals surface area contributed by atoms with Gasteiger partial charge in [0.1, 0.15) is 10.7 Å². The topological polar surface area (TPSA) is 73.3 Å². The maximum absolute atomic E-state index is 12.7. The molecule has 0 fully saturated rings. The summed E-state index contributed by atoms with van der Waals surface area (Å²) in [7, 11) is 3.17. The van der Waals surface area contributed by atoms with Gasteiger partial charge >= 0.3 is 0 Å². The van der Waals surface area contributed by atoms with E-state index in [1.807, 2.05) is 55.5 Å². The zero-order valence-corrected chi connectivity index (χ0v) is 18.3. The van der Waals surface area contributed by atoms with Gasteiger partial charge in [-0.25, -0.2) is 9.97 Å². The van der Waals surface area contributed by atoms with Crippen LogP contribution >= 0.6 is 22.7 Å². The molecule has 2 heterocycles. The van der Waals surface area contributed by atoms with Crippen molar-refractivity contribution in [2.24, 2.45) is 0 Å². The Morgan fingerprint density at radius 2 is 1.80 bits per heavy atom. The van der Waals surface area contributed by atoms with Gasteiger partial charge in [0.05, 0.1) is 30.4 Å². The summed E-state index contributed by atoms with van der Waals surface area (Å²) in [5.74, 6) is 0.903. The van der Waals surface area contributed by atoms with Gasteiger partial charge in [0.15, 0.2) is 16.6 Å². The lowest BCUT2D eigenvalue weighted by Crippen LogP contribution is -2.12. The number of carbonyl (C=O) groups excluding carboxylic acids is 1. The second kappa shape index (κ2) is 8.64. The highest BCUT2D eigenvalue weighted by molar-refractivity contribution is 7.19. The van der Waals surface area contributed by atoms with E-state index in [0.29, 0.717) is 27.3 Å². The number of carbonyl (C=O) groups is 1. The largest absolute Gasteiger partial charge is 0.493 e. The van der Waals surface area contributed by atoms with Crippen LogP contribution in [0, 0.1) is 6.92 Å². The van der Waals surface area contributed by atoms with Crippen LogP contribution in [0.25, 0.3) is 21.0 Å². The van der Waals surface area contributed by atoms with Gasteiger partial charge < -0.3 is 9.47 Å². The van der Waals surface area contributed by atoms with Gasteiger partial charge in [0, 0.05) is 5.38 Å². The Morgan fingerprint density at radius 1 is 1.00 bits per heavy atom. The summed E-state index contributed by atoms with van der Waals surface area (Å²) in [5, 5.41) is 5.81. The Balaban J connectivity index is 1.56. The van der Waals surface area contributed by atoms with E-state index < -0.39 is 0 Å². The smallest absolute Gasteiger partial charge is 0.276 e. The predicted octanol–water partition coefficient (Wildman–Crippen LogP) is 5.51. The van der Waals surface area contributed by atoms with E-state index in [2.05, 4.69) is 15.3 Å². The minimum Gasteiger partial charge on any atom is -0.493 e. The lowest BCUT2D eigenvalue weighted by Gasteiger charge is -2.10. The molecule has 4 aromatic rings. The molecule has 30 heavy (non-hydrogen) atoms. The first-order valence-corrected chi connectivity index (χ1v) is 10.8. The van der Waals surface area contributed by atoms with Crippen molar-refractivity contribution < 1.29 is 14.3 Å². The number of ether oxygens (including phenoxy) is 2. The summed E-state index contributed by atoms with van der Waals surface area (Å²) in [6.07, 6.45) is 0. The number of nitrogens with zero attached hydrogens (tertiary/aromatic N) is 2. The Kier molecular flexibility index (Phi) is 5.78. The highest BCUT2D eigenvalue weighted by Crippen LogP contribution is 2.39. The summed E-state index contributed by atoms with van der Waals surface area (Å²) >= 11 is 2.82. The standard InChI is InChI=1S/C22H19N3O3S2/c1-13-19(14-8-5-4-6-9-14)30-22(23-13)25-20(26)16-12-29-21(24-16)15-10-7-11-17(27-2)18(15)28-3/h4-12H,1-3H3,(H,23,25,26). The van der Waals surface area contributed by atoms with Crippen molar-refractivity contribution in [1.82, 2.24) is 9.97 Å². The number of rotatable bonds is 6. The summed E-state index contributed by atoms with van der Waals surface area (Å²) in [6, 6.07) is 15.6. The second-order valence-corrected chi connectivity index (χ2v) is 8.19. The molecule has 0 aliphatic heterocycles. The number of hydrogen-bond donors (Lipinski definition) is 1. The lowest BCUT2D eigenvalue weighted by atomic mass is 10.2. The van der Waals surface area contributed by atoms with Crippen LogP contribution in [0.15, 0.2) is 53.9 Å². The van der Waals surface area contributed by atoms with Crippen LogP contribution in [0.2, 0.25) is 0 Å². The maximum Gasteiger partial charge on any atom is 0.276 e. The van der Waals surface area contributed by atoms with E-state index in [1.54, 1.807) is 19.6 Å². The van der Waals surface area contributed by atoms with E-state index in [1.165, 1.54) is 22.7 Å². The van der Waals surface area contributed by atoms with Crippen molar-refractivity contribution in [3.05, 3.63) is 65.3 Å². The number of aromatic nitrogens is 2. The first-order chi connectivity index (χ1) is 14.6. The number of aryl methyl sites for hydroxylation is 1. The summed E-state index contributed by atoms with van der Waals surface area (Å²) in [4.78, 5) is 22.8. The zero-order chi connectivity index (χ0) is 21.1. The van der Waals surface area contributed by atoms with Crippen molar-refractivity contribution in [2.75, 3.05) is 19.5 Å². The molecule has 8 heteroatoms. The van der Waals surface area contributed by atoms with Gasteiger partial charge in [-0.05, 0) is 24.6 Å². The normalized spacial score (nSPS) is 10.6. The number of amides is 1. The van der Waals surface area contributed by atoms with Gasteiger partial charge in [-0.3, -0.25) is 10.1 Å². The van der Waals surface area contributed by atoms with Gasteiger partial charge in [-0.15, -0.1) is 11.3 Å². The molecule has 6 nitrogen and oxygen atoms in total. The molecule has 0 radical (unpaired) electrons. The molecule has 0 saturated carbocycles. The summed E-state index contributed by atoms with van der Waals surface area (Å²) < 4.78 is 10.8. The molecule has 152 valence electrons. The fourth-order valence-electron chi connectivity index (χ4n) is 3.03. The number of para-hydroxylation sites is 1. The van der Waals surface area contributed by atoms with Crippen molar-refractivity contribution in [3.63, 3.8) is 0 Å². The van der Waals surface area contributed by atoms with Crippen LogP contribution in [0.1, 0.15) is 16.2 Å². The zero-order valence-electron chi connectivity index (χ0n) is 16.6. The van der Waals surface area contributed by atoms with Crippen molar-refractivity contribution in [1.29, 1.82) is 0 Å². The second-order valence-electron chi connectivity index (χ2n) is 6.33. The number of nitrogens with one attached hydrogen (secondary N) is 1. The molecule has 0 aliphatic rings. The molecule has 4 rings (SSSR count). The molecular formula is C22H19N3O3S2. The average Bonchev–Trinajstić information content (AvgIpc) is 3.40. The highest BCUT2D eigenvalue weighted by atomic mass is 32.1. The fraction of sp³-hybridized carbons (Fsp3) is 0.136. The Labute approximate surface area is 182 Å². The van der Waals surface area contributed by atoms with E-state index >= 15 is 0 Å². The van der Waals surface area contributed by atoms with Crippen LogP contribution in [-0.4, -0.2) is 30.1 Å². The molecule has 0 unspecified atom stereocenters. The van der Waals surface area contributed by atoms with Crippen molar-refractivity contribution >= 4 is 33.7 Å². The van der Waals surface area contributed by atoms with Crippen LogP contribution in [0.5, 0.6) is 11.5 Å². The third-order valence-corrected chi connectivity index (χ3v) is 6.42. The minimum absolute atomic E-state index is 0.298. The number of benzene rings is 2. The third kappa shape index (κ3) is 3.92. The monoisotopic (exact) mass is 437 g/mol. The molecule has 1 amide bonds. The molecule has 0 atom stereocenters. The molecule has 0 bridgehead atoms. The van der Waals surface area contributed by atoms with Gasteiger partial charge in [0.25, 0.3) is 5.91 Å². The molecule has 1 N–H and O–H groups in total. The molecule has 0 spiro atoms. The molecular weight excluding hydrogens is 418 g/mol. The molecule has 2 aromatic carbocycles. The summed E-state index contributed by atoms with van der Waals surface area (Å²) in [5.41, 5.74) is 3.06. The van der Waals surface area contributed by atoms with Crippen LogP contribution in [-0.2, 0) is 0 Å². The van der Waals surface area contributed by atoms with Crippen LogP contribution < -0.4 is 14.8 Å². The number of hydrogen-bond acceptors (Lipinski definition) is 7. The first-order valence-electron chi connectivity index (χ1n) is 9.11. The Hall–Kier alpha value is -3.23. The maximum atomic E-state index is 12.7. The van der Waals surface area contributed by atoms with Crippen molar-refractivity contribution in [3.8, 4) is 32.5 Å². The van der Waals surface area contributed by atoms with Gasteiger partial charge in [-0.2, -0.15) is 0 Å². The average molecular weight is 438 g/mol. The number of thiazole rings is 2.